The monoisotopic (exact) mass is 394 g/mol. The second-order valence-corrected chi connectivity index (χ2v) is 7.27. The molecule has 2 aromatic rings. The summed E-state index contributed by atoms with van der Waals surface area (Å²) in [4.78, 5) is 26.9. The Hall–Kier alpha value is -2.70. The maximum absolute atomic E-state index is 12.7. The Morgan fingerprint density at radius 3 is 2.66 bits per heavy atom. The van der Waals surface area contributed by atoms with Gasteiger partial charge >= 0.3 is 0 Å². The Morgan fingerprint density at radius 2 is 1.93 bits per heavy atom. The van der Waals surface area contributed by atoms with Crippen molar-refractivity contribution in [3.8, 4) is 0 Å². The lowest BCUT2D eigenvalue weighted by Gasteiger charge is -2.36. The van der Waals surface area contributed by atoms with E-state index in [0.29, 0.717) is 24.3 Å². The number of nitrogens with one attached hydrogen (secondary N) is 3. The summed E-state index contributed by atoms with van der Waals surface area (Å²) in [5.74, 6) is -0.212. The molecule has 3 N–H and O–H groups in total. The zero-order valence-electron chi connectivity index (χ0n) is 17.2. The van der Waals surface area contributed by atoms with E-state index in [0.717, 1.165) is 26.1 Å². The molecule has 1 atom stereocenters. The zero-order chi connectivity index (χ0) is 20.6. The lowest BCUT2D eigenvalue weighted by atomic mass is 10.0. The van der Waals surface area contributed by atoms with Crippen molar-refractivity contribution < 1.29 is 9.59 Å². The highest BCUT2D eigenvalue weighted by atomic mass is 16.2. The second-order valence-electron chi connectivity index (χ2n) is 7.27. The van der Waals surface area contributed by atoms with Crippen molar-refractivity contribution in [1.82, 2.24) is 15.5 Å². The van der Waals surface area contributed by atoms with Crippen LogP contribution in [0.1, 0.15) is 41.4 Å². The van der Waals surface area contributed by atoms with Gasteiger partial charge in [-0.15, -0.1) is 0 Å². The first-order valence-corrected chi connectivity index (χ1v) is 10.3. The summed E-state index contributed by atoms with van der Waals surface area (Å²) >= 11 is 0. The Balaban J connectivity index is 1.65. The molecule has 1 saturated heterocycles. The van der Waals surface area contributed by atoms with Gasteiger partial charge in [0.1, 0.15) is 0 Å². The van der Waals surface area contributed by atoms with Crippen LogP contribution in [-0.4, -0.2) is 49.4 Å². The van der Waals surface area contributed by atoms with Crippen LogP contribution in [0.3, 0.4) is 0 Å². The molecule has 1 aliphatic rings. The number of hydrogen-bond acceptors (Lipinski definition) is 4. The molecule has 0 radical (unpaired) electrons. The molecule has 0 aliphatic carbocycles. The van der Waals surface area contributed by atoms with E-state index in [1.807, 2.05) is 6.92 Å². The second kappa shape index (κ2) is 10.2. The van der Waals surface area contributed by atoms with Crippen LogP contribution in [0.15, 0.2) is 48.5 Å². The van der Waals surface area contributed by atoms with Crippen molar-refractivity contribution in [3.05, 3.63) is 65.2 Å². The molecule has 1 aliphatic heterocycles. The molecule has 6 heteroatoms. The highest BCUT2D eigenvalue weighted by molar-refractivity contribution is 5.97. The van der Waals surface area contributed by atoms with Gasteiger partial charge in [0.15, 0.2) is 0 Å². The number of anilines is 1. The number of hydrogen-bond donors (Lipinski definition) is 3. The molecule has 0 bridgehead atoms. The average molecular weight is 395 g/mol. The highest BCUT2D eigenvalue weighted by Crippen LogP contribution is 2.23. The third kappa shape index (κ3) is 5.65. The van der Waals surface area contributed by atoms with E-state index in [4.69, 9.17) is 0 Å². The lowest BCUT2D eigenvalue weighted by Crippen LogP contribution is -2.48. The SMILES string of the molecule is CCNC(=O)c1cccc(NC(=O)CN2CCNCC2c2ccc(CC)cc2)c1. The van der Waals surface area contributed by atoms with Crippen molar-refractivity contribution in [2.75, 3.05) is 38.0 Å². The average Bonchev–Trinajstić information content (AvgIpc) is 2.74. The number of aryl methyl sites for hydroxylation is 1. The van der Waals surface area contributed by atoms with E-state index in [2.05, 4.69) is 52.0 Å². The standard InChI is InChI=1S/C23H30N4O2/c1-3-17-8-10-18(11-9-17)21-15-24-12-13-27(21)16-22(28)26-20-7-5-6-19(14-20)23(29)25-4-2/h5-11,14,21,24H,3-4,12-13,15-16H2,1-2H3,(H,25,29)(H,26,28). The quantitative estimate of drug-likeness (QED) is 0.675. The van der Waals surface area contributed by atoms with Crippen LogP contribution in [-0.2, 0) is 11.2 Å². The van der Waals surface area contributed by atoms with Gasteiger partial charge in [-0.1, -0.05) is 37.3 Å². The Kier molecular flexibility index (Phi) is 7.38. The molecule has 1 heterocycles. The molecular weight excluding hydrogens is 364 g/mol. The largest absolute Gasteiger partial charge is 0.352 e. The van der Waals surface area contributed by atoms with Crippen LogP contribution in [0.25, 0.3) is 0 Å². The molecule has 2 amide bonds. The van der Waals surface area contributed by atoms with Gasteiger partial charge < -0.3 is 16.0 Å². The molecule has 1 unspecified atom stereocenters. The van der Waals surface area contributed by atoms with Crippen molar-refractivity contribution >= 4 is 17.5 Å². The third-order valence-corrected chi connectivity index (χ3v) is 5.22. The molecule has 6 nitrogen and oxygen atoms in total. The Labute approximate surface area is 172 Å². The smallest absolute Gasteiger partial charge is 0.251 e. The van der Waals surface area contributed by atoms with E-state index in [1.54, 1.807) is 24.3 Å². The molecule has 1 fully saturated rings. The number of amides is 2. The van der Waals surface area contributed by atoms with Crippen LogP contribution in [0, 0.1) is 0 Å². The number of piperazine rings is 1. The maximum atomic E-state index is 12.7. The van der Waals surface area contributed by atoms with Gasteiger partial charge in [0, 0.05) is 43.5 Å². The van der Waals surface area contributed by atoms with Gasteiger partial charge in [-0.25, -0.2) is 0 Å². The summed E-state index contributed by atoms with van der Waals surface area (Å²) in [5.41, 5.74) is 3.72. The van der Waals surface area contributed by atoms with Crippen molar-refractivity contribution in [2.45, 2.75) is 26.3 Å². The van der Waals surface area contributed by atoms with Gasteiger partial charge in [0.05, 0.1) is 6.54 Å². The van der Waals surface area contributed by atoms with E-state index in [1.165, 1.54) is 11.1 Å². The molecule has 154 valence electrons. The van der Waals surface area contributed by atoms with E-state index in [-0.39, 0.29) is 17.9 Å². The number of rotatable bonds is 7. The molecule has 0 spiro atoms. The summed E-state index contributed by atoms with van der Waals surface area (Å²) in [7, 11) is 0. The topological polar surface area (TPSA) is 73.5 Å². The molecule has 0 aromatic heterocycles. The number of nitrogens with zero attached hydrogens (tertiary/aromatic N) is 1. The molecule has 0 saturated carbocycles. The summed E-state index contributed by atoms with van der Waals surface area (Å²) in [6, 6.07) is 15.9. The minimum atomic E-state index is -0.138. The van der Waals surface area contributed by atoms with Crippen molar-refractivity contribution in [2.24, 2.45) is 0 Å². The van der Waals surface area contributed by atoms with Gasteiger partial charge in [0.25, 0.3) is 5.91 Å². The van der Waals surface area contributed by atoms with Crippen molar-refractivity contribution in [3.63, 3.8) is 0 Å². The number of carbonyl (C=O) groups is 2. The summed E-state index contributed by atoms with van der Waals surface area (Å²) in [6.07, 6.45) is 1.02. The van der Waals surface area contributed by atoms with Crippen LogP contribution in [0.2, 0.25) is 0 Å². The maximum Gasteiger partial charge on any atom is 0.251 e. The Bertz CT molecular complexity index is 835. The highest BCUT2D eigenvalue weighted by Gasteiger charge is 2.25. The predicted molar refractivity (Wildman–Crippen MR) is 116 cm³/mol. The van der Waals surface area contributed by atoms with E-state index in [9.17, 15) is 9.59 Å². The first-order valence-electron chi connectivity index (χ1n) is 10.3. The van der Waals surface area contributed by atoms with Gasteiger partial charge in [-0.05, 0) is 42.7 Å². The van der Waals surface area contributed by atoms with E-state index >= 15 is 0 Å². The van der Waals surface area contributed by atoms with E-state index < -0.39 is 0 Å². The van der Waals surface area contributed by atoms with Crippen LogP contribution in [0.4, 0.5) is 5.69 Å². The van der Waals surface area contributed by atoms with Gasteiger partial charge in [-0.3, -0.25) is 14.5 Å². The molecular formula is C23H30N4O2. The first-order chi connectivity index (χ1) is 14.1. The van der Waals surface area contributed by atoms with Crippen LogP contribution in [0.5, 0.6) is 0 Å². The minimum absolute atomic E-state index is 0.0740. The molecule has 3 rings (SSSR count). The van der Waals surface area contributed by atoms with Crippen molar-refractivity contribution in [1.29, 1.82) is 0 Å². The molecule has 29 heavy (non-hydrogen) atoms. The Morgan fingerprint density at radius 1 is 1.14 bits per heavy atom. The lowest BCUT2D eigenvalue weighted by molar-refractivity contribution is -0.118. The minimum Gasteiger partial charge on any atom is -0.352 e. The third-order valence-electron chi connectivity index (χ3n) is 5.22. The van der Waals surface area contributed by atoms with Crippen LogP contribution < -0.4 is 16.0 Å². The fourth-order valence-corrected chi connectivity index (χ4v) is 3.63. The summed E-state index contributed by atoms with van der Waals surface area (Å²) < 4.78 is 0. The molecule has 2 aromatic carbocycles. The fourth-order valence-electron chi connectivity index (χ4n) is 3.63. The predicted octanol–water partition coefficient (Wildman–Crippen LogP) is 2.58. The van der Waals surface area contributed by atoms with Crippen LogP contribution >= 0.6 is 0 Å². The normalized spacial score (nSPS) is 17.0. The van der Waals surface area contributed by atoms with Gasteiger partial charge in [-0.2, -0.15) is 0 Å². The first kappa shape index (κ1) is 21.0. The zero-order valence-corrected chi connectivity index (χ0v) is 17.2. The summed E-state index contributed by atoms with van der Waals surface area (Å²) in [5, 5.41) is 9.14. The summed E-state index contributed by atoms with van der Waals surface area (Å²) in [6.45, 7) is 7.41. The number of carbonyl (C=O) groups excluding carboxylic acids is 2. The van der Waals surface area contributed by atoms with Gasteiger partial charge in [0.2, 0.25) is 5.91 Å². The number of benzene rings is 2. The fraction of sp³-hybridized carbons (Fsp3) is 0.391.